The lowest BCUT2D eigenvalue weighted by atomic mass is 9.85. The highest BCUT2D eigenvalue weighted by molar-refractivity contribution is 5.96. The number of nitrogens with one attached hydrogen (secondary N) is 1. The molecule has 4 rings (SSSR count). The van der Waals surface area contributed by atoms with Crippen molar-refractivity contribution in [3.63, 3.8) is 0 Å². The molecule has 1 unspecified atom stereocenters. The van der Waals surface area contributed by atoms with E-state index in [4.69, 9.17) is 10.5 Å². The number of carbonyl (C=O) groups excluding carboxylic acids is 2. The van der Waals surface area contributed by atoms with Crippen LogP contribution in [0.5, 0.6) is 0 Å². The van der Waals surface area contributed by atoms with E-state index in [9.17, 15) is 19.2 Å². The van der Waals surface area contributed by atoms with Gasteiger partial charge in [-0.15, -0.1) is 0 Å². The van der Waals surface area contributed by atoms with Gasteiger partial charge in [-0.2, -0.15) is 5.26 Å². The van der Waals surface area contributed by atoms with Gasteiger partial charge in [0.2, 0.25) is 0 Å². The summed E-state index contributed by atoms with van der Waals surface area (Å²) in [6, 6.07) is 15.3. The Morgan fingerprint density at radius 1 is 1.21 bits per heavy atom. The zero-order valence-corrected chi connectivity index (χ0v) is 17.8. The Morgan fingerprint density at radius 2 is 1.94 bits per heavy atom. The van der Waals surface area contributed by atoms with Crippen molar-refractivity contribution >= 4 is 23.1 Å². The molecule has 0 bridgehead atoms. The van der Waals surface area contributed by atoms with Gasteiger partial charge in [0, 0.05) is 24.4 Å². The average Bonchev–Trinajstić information content (AvgIpc) is 3.15. The summed E-state index contributed by atoms with van der Waals surface area (Å²) in [6.45, 7) is 0. The van der Waals surface area contributed by atoms with Crippen molar-refractivity contribution in [1.29, 1.82) is 5.26 Å². The zero-order valence-electron chi connectivity index (χ0n) is 17.8. The molecule has 0 fully saturated rings. The van der Waals surface area contributed by atoms with Crippen molar-refractivity contribution in [2.75, 3.05) is 18.2 Å². The summed E-state index contributed by atoms with van der Waals surface area (Å²) in [7, 11) is 1.24. The lowest BCUT2D eigenvalue weighted by molar-refractivity contribution is -0.115. The Labute approximate surface area is 189 Å². The Kier molecular flexibility index (Phi) is 5.96. The van der Waals surface area contributed by atoms with Gasteiger partial charge in [0.25, 0.3) is 0 Å². The number of nitrogen functional groups attached to an aromatic ring is 1. The van der Waals surface area contributed by atoms with Crippen molar-refractivity contribution in [2.45, 2.75) is 18.8 Å². The van der Waals surface area contributed by atoms with Crippen LogP contribution in [0.3, 0.4) is 0 Å². The molecule has 1 aromatic heterocycles. The number of hydrogen-bond donors (Lipinski definition) is 2. The van der Waals surface area contributed by atoms with Gasteiger partial charge in [0.1, 0.15) is 11.9 Å². The molecule has 1 atom stereocenters. The molecule has 3 N–H and O–H groups in total. The predicted octanol–water partition coefficient (Wildman–Crippen LogP) is 4.30. The maximum absolute atomic E-state index is 13.3. The molecule has 0 saturated carbocycles. The summed E-state index contributed by atoms with van der Waals surface area (Å²) < 4.78 is 19.7. The normalized spacial score (nSPS) is 15.5. The average molecular weight is 444 g/mol. The maximum Gasteiger partial charge on any atom is 0.357 e. The van der Waals surface area contributed by atoms with Crippen LogP contribution in [-0.2, 0) is 9.53 Å². The molecule has 1 heterocycles. The second-order valence-corrected chi connectivity index (χ2v) is 7.71. The summed E-state index contributed by atoms with van der Waals surface area (Å²) in [6.07, 6.45) is 3.92. The number of ketones is 1. The highest BCUT2D eigenvalue weighted by atomic mass is 19.1. The number of hydrogen-bond acceptors (Lipinski definition) is 6. The third-order valence-corrected chi connectivity index (χ3v) is 5.59. The van der Waals surface area contributed by atoms with Crippen molar-refractivity contribution in [3.05, 3.63) is 89.1 Å². The van der Waals surface area contributed by atoms with E-state index in [1.54, 1.807) is 36.4 Å². The van der Waals surface area contributed by atoms with Gasteiger partial charge >= 0.3 is 5.97 Å². The van der Waals surface area contributed by atoms with E-state index < -0.39 is 5.97 Å². The van der Waals surface area contributed by atoms with Crippen LogP contribution in [0.2, 0.25) is 0 Å². The highest BCUT2D eigenvalue weighted by Crippen LogP contribution is 2.34. The SMILES string of the molecule is COC(=O)c1c(N)c(C#N)cn1-c1ccccc1NC1=CC(=O)CC(c2ccc(F)cc2)C1. The second-order valence-electron chi connectivity index (χ2n) is 7.71. The van der Waals surface area contributed by atoms with Gasteiger partial charge in [0.15, 0.2) is 11.5 Å². The van der Waals surface area contributed by atoms with Crippen LogP contribution in [-0.4, -0.2) is 23.4 Å². The van der Waals surface area contributed by atoms with E-state index in [1.165, 1.54) is 30.0 Å². The number of nitrogens with zero attached hydrogens (tertiary/aromatic N) is 2. The molecule has 0 aliphatic heterocycles. The second kappa shape index (κ2) is 9.01. The molecular weight excluding hydrogens is 423 g/mol. The number of anilines is 2. The fraction of sp³-hybridized carbons (Fsp3) is 0.160. The van der Waals surface area contributed by atoms with Gasteiger partial charge in [-0.05, 0) is 42.2 Å². The molecular formula is C25H21FN4O3. The first-order chi connectivity index (χ1) is 15.9. The number of halogens is 1. The Balaban J connectivity index is 1.69. The molecule has 33 heavy (non-hydrogen) atoms. The predicted molar refractivity (Wildman–Crippen MR) is 121 cm³/mol. The maximum atomic E-state index is 13.3. The first-order valence-electron chi connectivity index (χ1n) is 10.3. The number of benzene rings is 2. The van der Waals surface area contributed by atoms with Gasteiger partial charge in [0.05, 0.1) is 29.7 Å². The summed E-state index contributed by atoms with van der Waals surface area (Å²) in [5, 5.41) is 12.7. The van der Waals surface area contributed by atoms with Crippen molar-refractivity contribution in [3.8, 4) is 11.8 Å². The quantitative estimate of drug-likeness (QED) is 0.568. The van der Waals surface area contributed by atoms with E-state index in [1.807, 2.05) is 12.1 Å². The lowest BCUT2D eigenvalue weighted by Gasteiger charge is -2.24. The van der Waals surface area contributed by atoms with E-state index in [2.05, 4.69) is 5.32 Å². The zero-order chi connectivity index (χ0) is 23.5. The fourth-order valence-electron chi connectivity index (χ4n) is 4.02. The number of rotatable bonds is 5. The number of aromatic nitrogens is 1. The molecule has 0 spiro atoms. The Bertz CT molecular complexity index is 1300. The first kappa shape index (κ1) is 21.8. The largest absolute Gasteiger partial charge is 0.464 e. The van der Waals surface area contributed by atoms with Crippen LogP contribution in [0.1, 0.15) is 40.4 Å². The summed E-state index contributed by atoms with van der Waals surface area (Å²) >= 11 is 0. The van der Waals surface area contributed by atoms with Crippen LogP contribution in [0.15, 0.2) is 66.5 Å². The van der Waals surface area contributed by atoms with Gasteiger partial charge in [-0.25, -0.2) is 9.18 Å². The molecule has 0 amide bonds. The summed E-state index contributed by atoms with van der Waals surface area (Å²) in [5.41, 5.74) is 8.99. The molecule has 2 aromatic carbocycles. The van der Waals surface area contributed by atoms with E-state index in [0.29, 0.717) is 29.9 Å². The molecule has 3 aromatic rings. The fourth-order valence-corrected chi connectivity index (χ4v) is 4.02. The highest BCUT2D eigenvalue weighted by Gasteiger charge is 2.25. The lowest BCUT2D eigenvalue weighted by Crippen LogP contribution is -2.18. The Morgan fingerprint density at radius 3 is 2.64 bits per heavy atom. The molecule has 1 aliphatic rings. The minimum atomic E-state index is -0.674. The molecule has 7 nitrogen and oxygen atoms in total. The minimum absolute atomic E-state index is 0.0302. The molecule has 0 saturated heterocycles. The first-order valence-corrected chi connectivity index (χ1v) is 10.3. The number of ether oxygens (including phenoxy) is 1. The van der Waals surface area contributed by atoms with Gasteiger partial charge in [-0.1, -0.05) is 24.3 Å². The van der Waals surface area contributed by atoms with Gasteiger partial charge < -0.3 is 20.4 Å². The van der Waals surface area contributed by atoms with Crippen molar-refractivity contribution < 1.29 is 18.7 Å². The summed E-state index contributed by atoms with van der Waals surface area (Å²) in [5.74, 6) is -1.13. The molecule has 166 valence electrons. The third kappa shape index (κ3) is 4.34. The monoisotopic (exact) mass is 444 g/mol. The van der Waals surface area contributed by atoms with Crippen LogP contribution in [0.4, 0.5) is 15.8 Å². The number of nitrogens with two attached hydrogens (primary N) is 1. The van der Waals surface area contributed by atoms with Crippen LogP contribution in [0, 0.1) is 17.1 Å². The van der Waals surface area contributed by atoms with E-state index >= 15 is 0 Å². The van der Waals surface area contributed by atoms with Crippen LogP contribution < -0.4 is 11.1 Å². The summed E-state index contributed by atoms with van der Waals surface area (Å²) in [4.78, 5) is 24.8. The number of carbonyl (C=O) groups is 2. The van der Waals surface area contributed by atoms with E-state index in [0.717, 1.165) is 5.56 Å². The number of para-hydroxylation sites is 2. The standard InChI is InChI=1S/C25H21FN4O3/c1-33-25(32)24-23(28)17(13-27)14-30(24)22-5-3-2-4-21(22)29-19-10-16(11-20(31)12-19)15-6-8-18(26)9-7-15/h2-9,12,14,16,29H,10-11,28H2,1H3. The number of allylic oxidation sites excluding steroid dienone is 2. The number of nitriles is 1. The molecule has 1 aliphatic carbocycles. The van der Waals surface area contributed by atoms with Crippen molar-refractivity contribution in [1.82, 2.24) is 4.57 Å². The number of methoxy groups -OCH3 is 1. The Hall–Kier alpha value is -4.38. The molecule has 8 heteroatoms. The smallest absolute Gasteiger partial charge is 0.357 e. The topological polar surface area (TPSA) is 110 Å². The van der Waals surface area contributed by atoms with Crippen LogP contribution in [0.25, 0.3) is 5.69 Å². The van der Waals surface area contributed by atoms with Crippen LogP contribution >= 0.6 is 0 Å². The van der Waals surface area contributed by atoms with E-state index in [-0.39, 0.29) is 34.5 Å². The third-order valence-electron chi connectivity index (χ3n) is 5.59. The number of esters is 1. The van der Waals surface area contributed by atoms with Gasteiger partial charge in [-0.3, -0.25) is 4.79 Å². The minimum Gasteiger partial charge on any atom is -0.464 e. The van der Waals surface area contributed by atoms with Crippen molar-refractivity contribution in [2.24, 2.45) is 0 Å². The molecule has 0 radical (unpaired) electrons.